The third kappa shape index (κ3) is 6.81. The highest BCUT2D eigenvalue weighted by Gasteiger charge is 2.30. The van der Waals surface area contributed by atoms with Gasteiger partial charge < -0.3 is 25.1 Å². The average Bonchev–Trinajstić information content (AvgIpc) is 3.28. The molecule has 0 aliphatic heterocycles. The van der Waals surface area contributed by atoms with E-state index in [-0.39, 0.29) is 22.8 Å². The zero-order valence-corrected chi connectivity index (χ0v) is 33.4. The Bertz CT molecular complexity index is 2490. The first-order chi connectivity index (χ1) is 28.2. The number of hydrogen-bond donors (Lipinski definition) is 3. The normalized spacial score (nSPS) is 11.0. The van der Waals surface area contributed by atoms with Crippen LogP contribution in [0.4, 0.5) is 34.1 Å². The summed E-state index contributed by atoms with van der Waals surface area (Å²) in [4.78, 5) is 4.15. The fourth-order valence-corrected chi connectivity index (χ4v) is 8.17. The van der Waals surface area contributed by atoms with Gasteiger partial charge in [0.15, 0.2) is 11.5 Å². The third-order valence-corrected chi connectivity index (χ3v) is 11.4. The highest BCUT2D eigenvalue weighted by atomic mass is 16.3. The van der Waals surface area contributed by atoms with E-state index in [1.165, 1.54) is 0 Å². The number of phenolic OH excluding ortho intramolecular Hbond substituents is 3. The standard InChI is InChI=1S/C48H41B5N2O3/c49-39-37(40(50)42(52)44(41(39)51)54(33-17-9-3-10-18-33)35-25-21-31(22-26-35)29-13-5-1-6-14-29)38-46(56)43(53)45(48(58)47(38)57)55(34-19-11-4-12-20-34)36-27-23-32(24-28-36)30-15-7-2-8-16-30/h1-28,56-58H,49-53H2. The number of anilines is 6. The Labute approximate surface area is 344 Å². The van der Waals surface area contributed by atoms with Crippen LogP contribution in [0.1, 0.15) is 0 Å². The summed E-state index contributed by atoms with van der Waals surface area (Å²) >= 11 is 0. The van der Waals surface area contributed by atoms with Crippen LogP contribution in [0, 0.1) is 0 Å². The third-order valence-electron chi connectivity index (χ3n) is 11.4. The van der Waals surface area contributed by atoms with Crippen LogP contribution >= 0.6 is 0 Å². The Balaban J connectivity index is 1.27. The van der Waals surface area contributed by atoms with Crippen molar-refractivity contribution < 1.29 is 15.3 Å². The molecular formula is C48H41B5N2O3. The molecule has 0 unspecified atom stereocenters. The Hall–Kier alpha value is -6.92. The van der Waals surface area contributed by atoms with Gasteiger partial charge in [0.25, 0.3) is 0 Å². The predicted molar refractivity (Wildman–Crippen MR) is 258 cm³/mol. The molecule has 0 radical (unpaired) electrons. The molecule has 0 heterocycles. The number of hydrogen-bond acceptors (Lipinski definition) is 5. The van der Waals surface area contributed by atoms with Gasteiger partial charge in [-0.2, -0.15) is 0 Å². The topological polar surface area (TPSA) is 67.2 Å². The zero-order chi connectivity index (χ0) is 40.5. The molecule has 0 aliphatic carbocycles. The van der Waals surface area contributed by atoms with E-state index in [1.54, 1.807) is 7.85 Å². The summed E-state index contributed by atoms with van der Waals surface area (Å²) in [7, 11) is 10.00. The first-order valence-corrected chi connectivity index (χ1v) is 19.5. The van der Waals surface area contributed by atoms with E-state index >= 15 is 0 Å². The fourth-order valence-electron chi connectivity index (χ4n) is 8.17. The van der Waals surface area contributed by atoms with Gasteiger partial charge in [0.1, 0.15) is 45.0 Å². The van der Waals surface area contributed by atoms with Crippen LogP contribution in [0.15, 0.2) is 170 Å². The molecule has 0 amide bonds. The van der Waals surface area contributed by atoms with Gasteiger partial charge in [-0.3, -0.25) is 0 Å². The molecule has 5 nitrogen and oxygen atoms in total. The van der Waals surface area contributed by atoms with Gasteiger partial charge in [0.05, 0.1) is 11.3 Å². The molecular weight excluding hydrogens is 707 g/mol. The molecule has 10 heteroatoms. The van der Waals surface area contributed by atoms with Crippen molar-refractivity contribution in [2.24, 2.45) is 0 Å². The second-order valence-corrected chi connectivity index (χ2v) is 14.8. The monoisotopic (exact) mass is 748 g/mol. The van der Waals surface area contributed by atoms with Gasteiger partial charge >= 0.3 is 0 Å². The van der Waals surface area contributed by atoms with E-state index in [9.17, 15) is 15.3 Å². The zero-order valence-electron chi connectivity index (χ0n) is 33.4. The van der Waals surface area contributed by atoms with Crippen molar-refractivity contribution in [3.05, 3.63) is 170 Å². The Morgan fingerprint density at radius 2 is 0.603 bits per heavy atom. The number of aromatic hydroxyl groups is 3. The maximum atomic E-state index is 12.2. The molecule has 3 N–H and O–H groups in total. The van der Waals surface area contributed by atoms with Crippen LogP contribution in [0.25, 0.3) is 33.4 Å². The van der Waals surface area contributed by atoms with Gasteiger partial charge in [-0.25, -0.2) is 0 Å². The van der Waals surface area contributed by atoms with Crippen LogP contribution in [-0.2, 0) is 0 Å². The molecule has 276 valence electrons. The Morgan fingerprint density at radius 3 is 1.00 bits per heavy atom. The van der Waals surface area contributed by atoms with Gasteiger partial charge in [0.2, 0.25) is 0 Å². The number of benzene rings is 8. The average molecular weight is 748 g/mol. The summed E-state index contributed by atoms with van der Waals surface area (Å²) in [6, 6.07) is 57.2. The van der Waals surface area contributed by atoms with Crippen LogP contribution in [0.3, 0.4) is 0 Å². The summed E-state index contributed by atoms with van der Waals surface area (Å²) in [6.07, 6.45) is 0. The van der Waals surface area contributed by atoms with Crippen molar-refractivity contribution in [3.8, 4) is 50.6 Å². The van der Waals surface area contributed by atoms with Crippen molar-refractivity contribution in [3.63, 3.8) is 0 Å². The molecule has 0 atom stereocenters. The molecule has 0 fully saturated rings. The SMILES string of the molecule is Bc1c(B)c(N(c2ccccc2)c2ccc(-c3ccccc3)cc2)c(B)c(B)c1-c1c(O)c(B)c(N(c2ccccc2)c2ccc(-c3ccccc3)cc2)c(O)c1O. The second kappa shape index (κ2) is 15.9. The van der Waals surface area contributed by atoms with Crippen molar-refractivity contribution in [2.45, 2.75) is 0 Å². The highest BCUT2D eigenvalue weighted by molar-refractivity contribution is 6.63. The first-order valence-electron chi connectivity index (χ1n) is 19.5. The number of phenols is 3. The maximum Gasteiger partial charge on any atom is 0.182 e. The molecule has 0 aliphatic rings. The molecule has 0 saturated carbocycles. The Kier molecular flexibility index (Phi) is 10.4. The molecule has 8 rings (SSSR count). The summed E-state index contributed by atoms with van der Waals surface area (Å²) < 4.78 is 0. The lowest BCUT2D eigenvalue weighted by atomic mass is 9.64. The van der Waals surface area contributed by atoms with Gasteiger partial charge in [-0.15, -0.1) is 0 Å². The highest BCUT2D eigenvalue weighted by Crippen LogP contribution is 2.50. The number of para-hydroxylation sites is 2. The molecule has 0 aromatic heterocycles. The van der Waals surface area contributed by atoms with Crippen molar-refractivity contribution in [1.82, 2.24) is 0 Å². The van der Waals surface area contributed by atoms with Crippen LogP contribution in [-0.4, -0.2) is 54.6 Å². The lowest BCUT2D eigenvalue weighted by Crippen LogP contribution is -2.46. The fraction of sp³-hybridized carbons (Fsp3) is 0. The molecule has 0 spiro atoms. The summed E-state index contributed by atoms with van der Waals surface area (Å²) in [5, 5.41) is 36.5. The van der Waals surface area contributed by atoms with E-state index in [1.807, 2.05) is 130 Å². The van der Waals surface area contributed by atoms with Gasteiger partial charge in [-0.05, 0) is 81.8 Å². The maximum absolute atomic E-state index is 12.2. The van der Waals surface area contributed by atoms with Crippen LogP contribution in [0.2, 0.25) is 0 Å². The largest absolute Gasteiger partial charge is 0.508 e. The molecule has 58 heavy (non-hydrogen) atoms. The van der Waals surface area contributed by atoms with Gasteiger partial charge in [0, 0.05) is 28.4 Å². The summed E-state index contributed by atoms with van der Waals surface area (Å²) in [5.74, 6) is -0.792. The van der Waals surface area contributed by atoms with E-state index in [0.717, 1.165) is 72.5 Å². The minimum Gasteiger partial charge on any atom is -0.508 e. The van der Waals surface area contributed by atoms with E-state index < -0.39 is 0 Å². The van der Waals surface area contributed by atoms with Crippen molar-refractivity contribution in [2.75, 3.05) is 9.80 Å². The first kappa shape index (κ1) is 38.0. The smallest absolute Gasteiger partial charge is 0.182 e. The second-order valence-electron chi connectivity index (χ2n) is 14.8. The van der Waals surface area contributed by atoms with E-state index in [2.05, 4.69) is 81.3 Å². The lowest BCUT2D eigenvalue weighted by molar-refractivity contribution is 0.401. The van der Waals surface area contributed by atoms with Gasteiger partial charge in [-0.1, -0.05) is 143 Å². The summed E-state index contributed by atoms with van der Waals surface area (Å²) in [5.41, 5.74) is 14.3. The molecule has 0 bridgehead atoms. The van der Waals surface area contributed by atoms with E-state index in [0.29, 0.717) is 16.7 Å². The number of rotatable bonds is 9. The molecule has 8 aromatic rings. The predicted octanol–water partition coefficient (Wildman–Crippen LogP) is 4.04. The quantitative estimate of drug-likeness (QED) is 0.118. The van der Waals surface area contributed by atoms with Crippen LogP contribution in [0.5, 0.6) is 17.2 Å². The van der Waals surface area contributed by atoms with Crippen molar-refractivity contribution >= 4 is 101 Å². The van der Waals surface area contributed by atoms with Crippen LogP contribution < -0.4 is 37.1 Å². The number of nitrogens with zero attached hydrogens (tertiary/aromatic N) is 2. The Morgan fingerprint density at radius 1 is 0.276 bits per heavy atom. The summed E-state index contributed by atoms with van der Waals surface area (Å²) in [6.45, 7) is 0. The van der Waals surface area contributed by atoms with E-state index in [4.69, 9.17) is 0 Å². The molecule has 0 saturated heterocycles. The minimum absolute atomic E-state index is 0.0960. The molecule has 8 aromatic carbocycles. The van der Waals surface area contributed by atoms with Crippen molar-refractivity contribution in [1.29, 1.82) is 0 Å². The minimum atomic E-state index is -0.380. The lowest BCUT2D eigenvalue weighted by Gasteiger charge is -2.33.